The Labute approximate surface area is 225 Å². The quantitative estimate of drug-likeness (QED) is 0.285. The summed E-state index contributed by atoms with van der Waals surface area (Å²) in [5, 5.41) is 6.98. The van der Waals surface area contributed by atoms with Gasteiger partial charge in [0.25, 0.3) is 0 Å². The monoisotopic (exact) mass is 528 g/mol. The molecule has 1 aliphatic heterocycles. The van der Waals surface area contributed by atoms with Gasteiger partial charge < -0.3 is 20.1 Å². The molecule has 1 saturated carbocycles. The van der Waals surface area contributed by atoms with Crippen molar-refractivity contribution in [3.8, 4) is 0 Å². The number of hydrogen-bond donors (Lipinski definition) is 4. The first kappa shape index (κ1) is 29.4. The van der Waals surface area contributed by atoms with Gasteiger partial charge in [0.1, 0.15) is 0 Å². The third-order valence-electron chi connectivity index (χ3n) is 7.74. The Bertz CT molecular complexity index is 1070. The number of aryl methyl sites for hydroxylation is 2. The lowest BCUT2D eigenvalue weighted by Gasteiger charge is -2.70. The zero-order valence-corrected chi connectivity index (χ0v) is 25.2. The van der Waals surface area contributed by atoms with Crippen molar-refractivity contribution in [2.45, 2.75) is 83.2 Å². The van der Waals surface area contributed by atoms with Gasteiger partial charge in [-0.25, -0.2) is 0 Å². The molecule has 4 rings (SSSR count). The van der Waals surface area contributed by atoms with Crippen molar-refractivity contribution in [3.05, 3.63) is 66.0 Å². The van der Waals surface area contributed by atoms with Crippen LogP contribution in [0.4, 0.5) is 11.4 Å². The number of benzene rings is 2. The third kappa shape index (κ3) is 7.68. The standard InChI is InChI=1S/C29H46N4OS.C2H6/c1-22-12-15-28(20-23(22)2)33-19-18-27(21-33)31-24(3)30-25-13-16-29(17-14-25)35(4,5,6,34)32-26-10-8-7-9-11-26;1-2/h12-17,20,26-27,30-32,34H,3,7-11,18-19,21H2,1-2,4-6H3;1-2H3. The molecular weight excluding hydrogens is 476 g/mol. The van der Waals surface area contributed by atoms with Crippen molar-refractivity contribution < 1.29 is 4.55 Å². The molecule has 2 aliphatic rings. The van der Waals surface area contributed by atoms with Crippen LogP contribution in [-0.2, 0) is 0 Å². The molecular formula is C31H52N4OS. The second kappa shape index (κ2) is 10.9. The smallest absolute Gasteiger partial charge is 0.0959 e. The van der Waals surface area contributed by atoms with Gasteiger partial charge in [-0.15, -0.1) is 0 Å². The molecule has 0 bridgehead atoms. The summed E-state index contributed by atoms with van der Waals surface area (Å²) >= 11 is 0. The van der Waals surface area contributed by atoms with E-state index in [4.69, 9.17) is 0 Å². The van der Waals surface area contributed by atoms with E-state index in [1.54, 1.807) is 0 Å². The first-order valence-electron chi connectivity index (χ1n) is 14.0. The molecule has 1 unspecified atom stereocenters. The second-order valence-corrected chi connectivity index (χ2v) is 19.5. The van der Waals surface area contributed by atoms with E-state index >= 15 is 0 Å². The molecule has 1 atom stereocenters. The lowest BCUT2D eigenvalue weighted by atomic mass is 9.96. The molecule has 0 aromatic heterocycles. The summed E-state index contributed by atoms with van der Waals surface area (Å²) in [4.78, 5) is 3.42. The maximum Gasteiger partial charge on any atom is 0.0959 e. The minimum atomic E-state index is -3.56. The zero-order chi connectivity index (χ0) is 27.3. The second-order valence-electron chi connectivity index (χ2n) is 12.2. The highest BCUT2D eigenvalue weighted by Crippen LogP contribution is 2.80. The highest BCUT2D eigenvalue weighted by Gasteiger charge is 2.47. The number of nitrogens with one attached hydrogen (secondary N) is 3. The summed E-state index contributed by atoms with van der Waals surface area (Å²) < 4.78 is 15.7. The van der Waals surface area contributed by atoms with Crippen LogP contribution in [0.1, 0.15) is 63.5 Å². The molecule has 2 aromatic carbocycles. The maximum atomic E-state index is 12.0. The summed E-state index contributed by atoms with van der Waals surface area (Å²) in [6.07, 6.45) is 13.2. The predicted molar refractivity (Wildman–Crippen MR) is 166 cm³/mol. The van der Waals surface area contributed by atoms with E-state index in [0.717, 1.165) is 48.8 Å². The number of rotatable bonds is 8. The van der Waals surface area contributed by atoms with Gasteiger partial charge in [-0.1, -0.05) is 45.8 Å². The Morgan fingerprint density at radius 3 is 2.16 bits per heavy atom. The van der Waals surface area contributed by atoms with Crippen LogP contribution in [-0.4, -0.2) is 48.5 Å². The number of anilines is 2. The first-order valence-corrected chi connectivity index (χ1v) is 17.7. The van der Waals surface area contributed by atoms with E-state index < -0.39 is 8.76 Å². The Morgan fingerprint density at radius 1 is 0.892 bits per heavy atom. The SMILES string of the molecule is C=C(Nc1ccc(S(C)(C)(C)(O)NC2CCCCC2)cc1)NC1CCN(c2ccc(C)c(C)c2)C1.CC. The molecule has 37 heavy (non-hydrogen) atoms. The summed E-state index contributed by atoms with van der Waals surface area (Å²) in [7, 11) is -3.56. The van der Waals surface area contributed by atoms with Gasteiger partial charge in [-0.3, -0.25) is 4.72 Å². The van der Waals surface area contributed by atoms with Crippen LogP contribution in [0.5, 0.6) is 0 Å². The molecule has 6 heteroatoms. The molecule has 1 saturated heterocycles. The fourth-order valence-electron chi connectivity index (χ4n) is 5.51. The Hall–Kier alpha value is -2.15. The van der Waals surface area contributed by atoms with Gasteiger partial charge in [0.05, 0.1) is 5.82 Å². The molecule has 2 aromatic rings. The maximum absolute atomic E-state index is 12.0. The molecule has 1 aliphatic carbocycles. The Morgan fingerprint density at radius 2 is 1.54 bits per heavy atom. The molecule has 0 spiro atoms. The van der Waals surface area contributed by atoms with Gasteiger partial charge in [-0.2, -0.15) is 8.76 Å². The van der Waals surface area contributed by atoms with Gasteiger partial charge in [0, 0.05) is 41.4 Å². The van der Waals surface area contributed by atoms with Crippen molar-refractivity contribution >= 4 is 20.1 Å². The average molecular weight is 529 g/mol. The van der Waals surface area contributed by atoms with Crippen molar-refractivity contribution in [2.24, 2.45) is 0 Å². The van der Waals surface area contributed by atoms with Crippen LogP contribution < -0.4 is 20.3 Å². The normalized spacial score (nSPS) is 20.3. The molecule has 0 amide bonds. The average Bonchev–Trinajstić information content (AvgIpc) is 3.30. The number of nitrogens with zero attached hydrogens (tertiary/aromatic N) is 1. The van der Waals surface area contributed by atoms with Gasteiger partial charge in [0.2, 0.25) is 0 Å². The van der Waals surface area contributed by atoms with Crippen LogP contribution in [0.3, 0.4) is 0 Å². The van der Waals surface area contributed by atoms with Crippen LogP contribution in [0, 0.1) is 13.8 Å². The fraction of sp³-hybridized carbons (Fsp3) is 0.548. The van der Waals surface area contributed by atoms with Crippen LogP contribution in [0.2, 0.25) is 0 Å². The summed E-state index contributed by atoms with van der Waals surface area (Å²) in [6.45, 7) is 14.6. The summed E-state index contributed by atoms with van der Waals surface area (Å²) in [6, 6.07) is 15.7. The molecule has 0 radical (unpaired) electrons. The van der Waals surface area contributed by atoms with Crippen molar-refractivity contribution in [3.63, 3.8) is 0 Å². The Kier molecular flexibility index (Phi) is 8.67. The van der Waals surface area contributed by atoms with Crippen LogP contribution in [0.25, 0.3) is 0 Å². The molecule has 208 valence electrons. The highest BCUT2D eigenvalue weighted by atomic mass is 32.4. The van der Waals surface area contributed by atoms with E-state index in [-0.39, 0.29) is 0 Å². The first-order chi connectivity index (χ1) is 17.3. The van der Waals surface area contributed by atoms with Crippen molar-refractivity contribution in [1.82, 2.24) is 10.0 Å². The van der Waals surface area contributed by atoms with Crippen LogP contribution in [0.15, 0.2) is 59.8 Å². The Balaban J connectivity index is 0.00000186. The van der Waals surface area contributed by atoms with E-state index in [2.05, 4.69) is 71.0 Å². The lowest BCUT2D eigenvalue weighted by Crippen LogP contribution is -2.51. The van der Waals surface area contributed by atoms with Crippen LogP contribution >= 0.6 is 8.76 Å². The van der Waals surface area contributed by atoms with Gasteiger partial charge >= 0.3 is 0 Å². The minimum Gasteiger partial charge on any atom is -0.369 e. The summed E-state index contributed by atoms with van der Waals surface area (Å²) in [5.41, 5.74) is 4.95. The minimum absolute atomic E-state index is 0.362. The van der Waals surface area contributed by atoms with E-state index in [1.165, 1.54) is 36.1 Å². The molecule has 1 heterocycles. The lowest BCUT2D eigenvalue weighted by molar-refractivity contribution is 0.405. The third-order valence-corrected chi connectivity index (χ3v) is 11.1. The van der Waals surface area contributed by atoms with E-state index in [9.17, 15) is 4.55 Å². The van der Waals surface area contributed by atoms with E-state index in [0.29, 0.717) is 12.1 Å². The molecule has 2 fully saturated rings. The largest absolute Gasteiger partial charge is 0.369 e. The van der Waals surface area contributed by atoms with Crippen molar-refractivity contribution in [1.29, 1.82) is 0 Å². The van der Waals surface area contributed by atoms with Gasteiger partial charge in [0.15, 0.2) is 0 Å². The molecule has 5 nitrogen and oxygen atoms in total. The highest BCUT2D eigenvalue weighted by molar-refractivity contribution is 8.57. The zero-order valence-electron chi connectivity index (χ0n) is 24.4. The predicted octanol–water partition coefficient (Wildman–Crippen LogP) is 7.52. The summed E-state index contributed by atoms with van der Waals surface area (Å²) in [5.74, 6) is 0.810. The molecule has 4 N–H and O–H groups in total. The van der Waals surface area contributed by atoms with E-state index in [1.807, 2.05) is 44.7 Å². The van der Waals surface area contributed by atoms with Gasteiger partial charge in [-0.05, 0) is 99.4 Å². The topological polar surface area (TPSA) is 59.6 Å². The fourth-order valence-corrected chi connectivity index (χ4v) is 8.41. The number of hydrogen-bond acceptors (Lipinski definition) is 5. The van der Waals surface area contributed by atoms with Crippen molar-refractivity contribution in [2.75, 3.05) is 42.1 Å².